The Bertz CT molecular complexity index is 812. The lowest BCUT2D eigenvalue weighted by Crippen LogP contribution is -2.20. The molecule has 6 nitrogen and oxygen atoms in total. The zero-order valence-electron chi connectivity index (χ0n) is 13.1. The quantitative estimate of drug-likeness (QED) is 0.780. The summed E-state index contributed by atoms with van der Waals surface area (Å²) in [7, 11) is 1.88. The summed E-state index contributed by atoms with van der Waals surface area (Å²) in [6, 6.07) is 7.67. The maximum Gasteiger partial charge on any atom is 0.234 e. The first-order valence-electron chi connectivity index (χ1n) is 7.23. The van der Waals surface area contributed by atoms with Gasteiger partial charge in [0.25, 0.3) is 0 Å². The number of hydrogen-bond donors (Lipinski definition) is 2. The molecule has 0 saturated carbocycles. The number of aromatic nitrogens is 4. The lowest BCUT2D eigenvalue weighted by Gasteiger charge is -2.11. The van der Waals surface area contributed by atoms with Crippen LogP contribution in [0.15, 0.2) is 24.3 Å². The largest absolute Gasteiger partial charge is 0.324 e. The smallest absolute Gasteiger partial charge is 0.234 e. The molecule has 1 unspecified atom stereocenters. The molecule has 0 aliphatic rings. The summed E-state index contributed by atoms with van der Waals surface area (Å²) >= 11 is 0. The Morgan fingerprint density at radius 2 is 2.05 bits per heavy atom. The van der Waals surface area contributed by atoms with Gasteiger partial charge in [0.15, 0.2) is 0 Å². The van der Waals surface area contributed by atoms with Gasteiger partial charge in [-0.05, 0) is 32.9 Å². The van der Waals surface area contributed by atoms with Crippen molar-refractivity contribution in [1.29, 1.82) is 0 Å². The Hall–Kier alpha value is -2.63. The van der Waals surface area contributed by atoms with Crippen molar-refractivity contribution in [2.45, 2.75) is 26.7 Å². The number of aromatic amines is 1. The summed E-state index contributed by atoms with van der Waals surface area (Å²) in [5.74, 6) is 0.0809. The lowest BCUT2D eigenvalue weighted by atomic mass is 9.98. The van der Waals surface area contributed by atoms with Crippen LogP contribution in [0.4, 0.5) is 5.95 Å². The van der Waals surface area contributed by atoms with Crippen molar-refractivity contribution in [1.82, 2.24) is 19.7 Å². The van der Waals surface area contributed by atoms with E-state index >= 15 is 0 Å². The number of carbonyl (C=O) groups is 1. The van der Waals surface area contributed by atoms with E-state index in [4.69, 9.17) is 0 Å². The van der Waals surface area contributed by atoms with Crippen LogP contribution in [0.3, 0.4) is 0 Å². The number of aryl methyl sites for hydroxylation is 2. The predicted octanol–water partition coefficient (Wildman–Crippen LogP) is 2.66. The molecular weight excluding hydrogens is 278 g/mol. The minimum atomic E-state index is -0.290. The second kappa shape index (κ2) is 5.29. The number of hydrogen-bond acceptors (Lipinski definition) is 3. The summed E-state index contributed by atoms with van der Waals surface area (Å²) in [4.78, 5) is 20.0. The topological polar surface area (TPSA) is 75.6 Å². The lowest BCUT2D eigenvalue weighted by molar-refractivity contribution is -0.117. The van der Waals surface area contributed by atoms with Gasteiger partial charge in [0.1, 0.15) is 0 Å². The normalized spacial score (nSPS) is 12.5. The molecule has 0 aliphatic heterocycles. The van der Waals surface area contributed by atoms with Crippen LogP contribution in [0.2, 0.25) is 0 Å². The summed E-state index contributed by atoms with van der Waals surface area (Å²) in [5, 5.41) is 7.22. The van der Waals surface area contributed by atoms with Gasteiger partial charge in [-0.15, -0.1) is 0 Å². The summed E-state index contributed by atoms with van der Waals surface area (Å²) < 4.78 is 1.80. The molecule has 1 atom stereocenters. The average Bonchev–Trinajstić information content (AvgIpc) is 2.99. The number of fused-ring (bicyclic) bond motifs is 1. The molecule has 0 bridgehead atoms. The molecule has 2 heterocycles. The third-order valence-electron chi connectivity index (χ3n) is 4.02. The van der Waals surface area contributed by atoms with Crippen molar-refractivity contribution in [2.24, 2.45) is 7.05 Å². The Morgan fingerprint density at radius 3 is 2.68 bits per heavy atom. The van der Waals surface area contributed by atoms with E-state index < -0.39 is 0 Å². The predicted molar refractivity (Wildman–Crippen MR) is 85.8 cm³/mol. The second-order valence-electron chi connectivity index (χ2n) is 5.52. The van der Waals surface area contributed by atoms with Gasteiger partial charge < -0.3 is 4.98 Å². The molecule has 0 radical (unpaired) electrons. The van der Waals surface area contributed by atoms with Gasteiger partial charge in [0.05, 0.1) is 22.6 Å². The maximum absolute atomic E-state index is 12.5. The fourth-order valence-electron chi connectivity index (χ4n) is 2.78. The van der Waals surface area contributed by atoms with Gasteiger partial charge in [-0.25, -0.2) is 4.98 Å². The molecule has 0 aliphatic carbocycles. The molecular formula is C16H19N5O. The average molecular weight is 297 g/mol. The van der Waals surface area contributed by atoms with Crippen molar-refractivity contribution in [3.63, 3.8) is 0 Å². The van der Waals surface area contributed by atoms with Crippen molar-refractivity contribution in [3.05, 3.63) is 41.2 Å². The highest BCUT2D eigenvalue weighted by Gasteiger charge is 2.23. The molecule has 22 heavy (non-hydrogen) atoms. The molecule has 0 spiro atoms. The first-order chi connectivity index (χ1) is 10.5. The first-order valence-corrected chi connectivity index (χ1v) is 7.23. The molecule has 0 fully saturated rings. The van der Waals surface area contributed by atoms with Crippen LogP contribution >= 0.6 is 0 Å². The van der Waals surface area contributed by atoms with E-state index in [2.05, 4.69) is 20.4 Å². The number of benzene rings is 1. The molecule has 3 rings (SSSR count). The van der Waals surface area contributed by atoms with E-state index in [0.29, 0.717) is 5.95 Å². The molecule has 2 aromatic heterocycles. The highest BCUT2D eigenvalue weighted by atomic mass is 16.2. The third-order valence-corrected chi connectivity index (χ3v) is 4.02. The van der Waals surface area contributed by atoms with Crippen LogP contribution in [0.1, 0.15) is 29.8 Å². The van der Waals surface area contributed by atoms with Gasteiger partial charge >= 0.3 is 0 Å². The number of nitrogens with zero attached hydrogens (tertiary/aromatic N) is 3. The minimum Gasteiger partial charge on any atom is -0.324 e. The van der Waals surface area contributed by atoms with Crippen LogP contribution in [-0.2, 0) is 11.8 Å². The van der Waals surface area contributed by atoms with E-state index in [-0.39, 0.29) is 11.8 Å². The van der Waals surface area contributed by atoms with E-state index in [1.807, 2.05) is 52.1 Å². The fourth-order valence-corrected chi connectivity index (χ4v) is 2.78. The number of para-hydroxylation sites is 2. The number of imidazole rings is 1. The molecule has 0 saturated heterocycles. The molecule has 1 aromatic carbocycles. The second-order valence-corrected chi connectivity index (χ2v) is 5.52. The highest BCUT2D eigenvalue weighted by molar-refractivity contribution is 5.95. The van der Waals surface area contributed by atoms with E-state index in [0.717, 1.165) is 28.0 Å². The molecule has 3 aromatic rings. The number of H-pyrrole nitrogens is 1. The zero-order chi connectivity index (χ0) is 15.9. The minimum absolute atomic E-state index is 0.0988. The van der Waals surface area contributed by atoms with Crippen molar-refractivity contribution in [3.8, 4) is 0 Å². The standard InChI is InChI=1S/C16H19N5O/c1-9(14-10(2)20-21(4)11(14)3)15(22)19-16-17-12-7-5-6-8-13(12)18-16/h5-9H,1-4H3,(H2,17,18,19,22). The number of nitrogens with one attached hydrogen (secondary N) is 2. The third kappa shape index (κ3) is 2.36. The first kappa shape index (κ1) is 14.3. The van der Waals surface area contributed by atoms with Crippen LogP contribution in [-0.4, -0.2) is 25.7 Å². The molecule has 6 heteroatoms. The molecule has 1 amide bonds. The number of anilines is 1. The van der Waals surface area contributed by atoms with E-state index in [1.54, 1.807) is 4.68 Å². The summed E-state index contributed by atoms with van der Waals surface area (Å²) in [6.07, 6.45) is 0. The van der Waals surface area contributed by atoms with Gasteiger partial charge in [-0.2, -0.15) is 5.10 Å². The summed E-state index contributed by atoms with van der Waals surface area (Å²) in [6.45, 7) is 5.78. The van der Waals surface area contributed by atoms with Crippen LogP contribution < -0.4 is 5.32 Å². The van der Waals surface area contributed by atoms with Gasteiger partial charge in [0.2, 0.25) is 11.9 Å². The Kier molecular flexibility index (Phi) is 3.44. The van der Waals surface area contributed by atoms with Gasteiger partial charge in [-0.3, -0.25) is 14.8 Å². The Labute approximate surface area is 128 Å². The zero-order valence-corrected chi connectivity index (χ0v) is 13.1. The SMILES string of the molecule is Cc1nn(C)c(C)c1C(C)C(=O)Nc1nc2ccccc2[nH]1. The van der Waals surface area contributed by atoms with Crippen molar-refractivity contribution < 1.29 is 4.79 Å². The van der Waals surface area contributed by atoms with Crippen LogP contribution in [0.25, 0.3) is 11.0 Å². The number of rotatable bonds is 3. The monoisotopic (exact) mass is 297 g/mol. The highest BCUT2D eigenvalue weighted by Crippen LogP contribution is 2.24. The van der Waals surface area contributed by atoms with Crippen molar-refractivity contribution >= 4 is 22.9 Å². The maximum atomic E-state index is 12.5. The van der Waals surface area contributed by atoms with Gasteiger partial charge in [-0.1, -0.05) is 12.1 Å². The van der Waals surface area contributed by atoms with Gasteiger partial charge in [0, 0.05) is 18.3 Å². The van der Waals surface area contributed by atoms with Crippen LogP contribution in [0, 0.1) is 13.8 Å². The summed E-state index contributed by atoms with van der Waals surface area (Å²) in [5.41, 5.74) is 4.59. The number of carbonyl (C=O) groups excluding carboxylic acids is 1. The van der Waals surface area contributed by atoms with Crippen LogP contribution in [0.5, 0.6) is 0 Å². The molecule has 114 valence electrons. The Morgan fingerprint density at radius 1 is 1.32 bits per heavy atom. The van der Waals surface area contributed by atoms with E-state index in [9.17, 15) is 4.79 Å². The molecule has 2 N–H and O–H groups in total. The Balaban J connectivity index is 1.84. The van der Waals surface area contributed by atoms with E-state index in [1.165, 1.54) is 0 Å². The van der Waals surface area contributed by atoms with Crippen molar-refractivity contribution in [2.75, 3.05) is 5.32 Å². The number of amides is 1. The fraction of sp³-hybridized carbons (Fsp3) is 0.312.